The second-order valence-corrected chi connectivity index (χ2v) is 3.98. The van der Waals surface area contributed by atoms with Crippen molar-refractivity contribution < 1.29 is 9.53 Å². The molecule has 0 saturated heterocycles. The Kier molecular flexibility index (Phi) is 3.86. The lowest BCUT2D eigenvalue weighted by molar-refractivity contribution is -0.145. The first-order chi connectivity index (χ1) is 8.76. The molecule has 1 unspecified atom stereocenters. The van der Waals surface area contributed by atoms with E-state index >= 15 is 0 Å². The van der Waals surface area contributed by atoms with Crippen molar-refractivity contribution in [1.82, 2.24) is 19.9 Å². The van der Waals surface area contributed by atoms with Gasteiger partial charge in [-0.05, 0) is 13.3 Å². The van der Waals surface area contributed by atoms with E-state index in [2.05, 4.69) is 19.9 Å². The van der Waals surface area contributed by atoms with E-state index in [4.69, 9.17) is 4.74 Å². The maximum atomic E-state index is 11.9. The van der Waals surface area contributed by atoms with Crippen LogP contribution in [0.25, 0.3) is 11.2 Å². The van der Waals surface area contributed by atoms with Crippen LogP contribution in [0.15, 0.2) is 12.5 Å². The first-order valence-electron chi connectivity index (χ1n) is 6.08. The third-order valence-electron chi connectivity index (χ3n) is 2.66. The van der Waals surface area contributed by atoms with Crippen molar-refractivity contribution in [3.8, 4) is 0 Å². The van der Waals surface area contributed by atoms with Gasteiger partial charge in [-0.2, -0.15) is 0 Å². The van der Waals surface area contributed by atoms with Gasteiger partial charge in [-0.25, -0.2) is 15.0 Å². The zero-order valence-corrected chi connectivity index (χ0v) is 10.5. The van der Waals surface area contributed by atoms with Crippen molar-refractivity contribution in [3.63, 3.8) is 0 Å². The molecule has 18 heavy (non-hydrogen) atoms. The average molecular weight is 248 g/mol. The second kappa shape index (κ2) is 5.57. The maximum Gasteiger partial charge on any atom is 0.316 e. The summed E-state index contributed by atoms with van der Waals surface area (Å²) in [6.07, 6.45) is 4.66. The van der Waals surface area contributed by atoms with Gasteiger partial charge in [0.25, 0.3) is 0 Å². The normalized spacial score (nSPS) is 12.6. The molecule has 0 aromatic carbocycles. The number of nitrogens with one attached hydrogen (secondary N) is 1. The van der Waals surface area contributed by atoms with Crippen molar-refractivity contribution in [2.75, 3.05) is 6.61 Å². The molecular formula is C12H16N4O2. The third-order valence-corrected chi connectivity index (χ3v) is 2.66. The summed E-state index contributed by atoms with van der Waals surface area (Å²) in [6.45, 7) is 4.19. The second-order valence-electron chi connectivity index (χ2n) is 3.98. The molecule has 0 bridgehead atoms. The number of aromatic amines is 1. The molecule has 96 valence electrons. The molecule has 6 heteroatoms. The van der Waals surface area contributed by atoms with Gasteiger partial charge >= 0.3 is 5.97 Å². The van der Waals surface area contributed by atoms with Gasteiger partial charge in [0.05, 0.1) is 12.8 Å². The lowest BCUT2D eigenvalue weighted by Gasteiger charge is -2.11. The van der Waals surface area contributed by atoms with Crippen LogP contribution in [0.4, 0.5) is 0 Å². The van der Waals surface area contributed by atoms with Gasteiger partial charge in [0.15, 0.2) is 5.65 Å². The summed E-state index contributed by atoms with van der Waals surface area (Å²) in [4.78, 5) is 27.3. The molecule has 0 radical (unpaired) electrons. The van der Waals surface area contributed by atoms with Crippen LogP contribution >= 0.6 is 0 Å². The highest BCUT2D eigenvalue weighted by Gasteiger charge is 2.24. The molecule has 1 atom stereocenters. The Hall–Kier alpha value is -1.98. The minimum absolute atomic E-state index is 0.244. The van der Waals surface area contributed by atoms with Crippen molar-refractivity contribution in [2.45, 2.75) is 32.6 Å². The molecule has 6 nitrogen and oxygen atoms in total. The van der Waals surface area contributed by atoms with Gasteiger partial charge < -0.3 is 9.72 Å². The molecule has 0 amide bonds. The van der Waals surface area contributed by atoms with Crippen LogP contribution < -0.4 is 0 Å². The number of hydrogen-bond acceptors (Lipinski definition) is 5. The Morgan fingerprint density at radius 1 is 1.50 bits per heavy atom. The molecule has 2 rings (SSSR count). The summed E-state index contributed by atoms with van der Waals surface area (Å²) in [7, 11) is 0. The Morgan fingerprint density at radius 3 is 3.00 bits per heavy atom. The van der Waals surface area contributed by atoms with E-state index < -0.39 is 0 Å². The van der Waals surface area contributed by atoms with Crippen LogP contribution in [-0.2, 0) is 9.53 Å². The fourth-order valence-corrected chi connectivity index (χ4v) is 1.84. The number of aromatic nitrogens is 4. The zero-order valence-electron chi connectivity index (χ0n) is 10.5. The summed E-state index contributed by atoms with van der Waals surface area (Å²) in [5.74, 6) is 0.00122. The van der Waals surface area contributed by atoms with Crippen molar-refractivity contribution >= 4 is 17.1 Å². The average Bonchev–Trinajstić information content (AvgIpc) is 2.79. The lowest BCUT2D eigenvalue weighted by atomic mass is 10.0. The number of ether oxygens (including phenoxy) is 1. The number of carbonyl (C=O) groups is 1. The summed E-state index contributed by atoms with van der Waals surface area (Å²) >= 11 is 0. The van der Waals surface area contributed by atoms with Crippen LogP contribution in [0, 0.1) is 0 Å². The fraction of sp³-hybridized carbons (Fsp3) is 0.500. The first kappa shape index (κ1) is 12.5. The molecule has 0 saturated carbocycles. The summed E-state index contributed by atoms with van der Waals surface area (Å²) in [6, 6.07) is 0. The van der Waals surface area contributed by atoms with E-state index in [0.29, 0.717) is 24.5 Å². The molecule has 0 aliphatic carbocycles. The molecule has 0 spiro atoms. The first-order valence-corrected chi connectivity index (χ1v) is 6.08. The van der Waals surface area contributed by atoms with Gasteiger partial charge in [-0.3, -0.25) is 4.79 Å². The van der Waals surface area contributed by atoms with Crippen molar-refractivity contribution in [2.24, 2.45) is 0 Å². The summed E-state index contributed by atoms with van der Waals surface area (Å²) in [5, 5.41) is 0. The Bertz CT molecular complexity index is 505. The highest BCUT2D eigenvalue weighted by Crippen LogP contribution is 2.22. The van der Waals surface area contributed by atoms with E-state index in [1.165, 1.54) is 6.33 Å². The Labute approximate surface area is 105 Å². The highest BCUT2D eigenvalue weighted by molar-refractivity contribution is 5.79. The standard InChI is InChI=1S/C12H16N4O2/c1-3-5-8(12(17)18-4-2)10-15-9-6-13-7-14-11(9)16-10/h6-8H,3-5H2,1-2H3,(H,13,14,15,16). The van der Waals surface area contributed by atoms with Gasteiger partial charge in [-0.1, -0.05) is 13.3 Å². The zero-order chi connectivity index (χ0) is 13.0. The highest BCUT2D eigenvalue weighted by atomic mass is 16.5. The van der Waals surface area contributed by atoms with Crippen molar-refractivity contribution in [3.05, 3.63) is 18.3 Å². The predicted octanol–water partition coefficient (Wildman–Crippen LogP) is 1.80. The van der Waals surface area contributed by atoms with Crippen molar-refractivity contribution in [1.29, 1.82) is 0 Å². The Balaban J connectivity index is 2.32. The molecular weight excluding hydrogens is 232 g/mol. The third kappa shape index (κ3) is 2.47. The largest absolute Gasteiger partial charge is 0.465 e. The van der Waals surface area contributed by atoms with Gasteiger partial charge in [0.1, 0.15) is 23.6 Å². The number of carbonyl (C=O) groups excluding carboxylic acids is 1. The molecule has 2 heterocycles. The Morgan fingerprint density at radius 2 is 2.33 bits per heavy atom. The molecule has 2 aromatic heterocycles. The quantitative estimate of drug-likeness (QED) is 0.816. The molecule has 0 aliphatic heterocycles. The predicted molar refractivity (Wildman–Crippen MR) is 66.0 cm³/mol. The molecule has 1 N–H and O–H groups in total. The monoisotopic (exact) mass is 248 g/mol. The van der Waals surface area contributed by atoms with Gasteiger partial charge in [0, 0.05) is 0 Å². The van der Waals surface area contributed by atoms with E-state index in [-0.39, 0.29) is 11.9 Å². The number of H-pyrrole nitrogens is 1. The number of hydrogen-bond donors (Lipinski definition) is 1. The number of fused-ring (bicyclic) bond motifs is 1. The lowest BCUT2D eigenvalue weighted by Crippen LogP contribution is -2.17. The summed E-state index contributed by atoms with van der Waals surface area (Å²) < 4.78 is 5.07. The van der Waals surface area contributed by atoms with Crippen LogP contribution in [0.3, 0.4) is 0 Å². The van der Waals surface area contributed by atoms with Gasteiger partial charge in [-0.15, -0.1) is 0 Å². The minimum Gasteiger partial charge on any atom is -0.465 e. The van der Waals surface area contributed by atoms with E-state index in [1.807, 2.05) is 6.92 Å². The topological polar surface area (TPSA) is 80.8 Å². The smallest absolute Gasteiger partial charge is 0.316 e. The summed E-state index contributed by atoms with van der Waals surface area (Å²) in [5.41, 5.74) is 1.31. The number of nitrogens with zero attached hydrogens (tertiary/aromatic N) is 3. The fourth-order valence-electron chi connectivity index (χ4n) is 1.84. The molecule has 2 aromatic rings. The minimum atomic E-state index is -0.357. The van der Waals surface area contributed by atoms with Crippen LogP contribution in [-0.4, -0.2) is 32.5 Å². The van der Waals surface area contributed by atoms with Crippen LogP contribution in [0.5, 0.6) is 0 Å². The van der Waals surface area contributed by atoms with Crippen LogP contribution in [0.1, 0.15) is 38.4 Å². The molecule has 0 aliphatic rings. The van der Waals surface area contributed by atoms with Crippen LogP contribution in [0.2, 0.25) is 0 Å². The van der Waals surface area contributed by atoms with E-state index in [9.17, 15) is 4.79 Å². The maximum absolute atomic E-state index is 11.9. The van der Waals surface area contributed by atoms with E-state index in [0.717, 1.165) is 11.9 Å². The molecule has 0 fully saturated rings. The SMILES string of the molecule is CCCC(C(=O)OCC)c1nc2ncncc2[nH]1. The van der Waals surface area contributed by atoms with Gasteiger partial charge in [0.2, 0.25) is 0 Å². The number of rotatable bonds is 5. The van der Waals surface area contributed by atoms with E-state index in [1.54, 1.807) is 13.1 Å². The number of esters is 1. The number of imidazole rings is 1.